The predicted molar refractivity (Wildman–Crippen MR) is 96.6 cm³/mol. The van der Waals surface area contributed by atoms with Gasteiger partial charge in [0.25, 0.3) is 0 Å². The number of piperidine rings is 1. The number of amides is 1. The molecule has 1 aromatic heterocycles. The van der Waals surface area contributed by atoms with Crippen LogP contribution in [-0.2, 0) is 4.79 Å². The fourth-order valence-corrected chi connectivity index (χ4v) is 3.53. The number of nitrogens with zero attached hydrogens (tertiary/aromatic N) is 2. The fourth-order valence-electron chi connectivity index (χ4n) is 3.27. The molecule has 3 rings (SSSR count). The fraction of sp³-hybridized carbons (Fsp3) is 0.444. The average Bonchev–Trinajstić information content (AvgIpc) is 3.10. The van der Waals surface area contributed by atoms with E-state index in [-0.39, 0.29) is 5.91 Å². The molecule has 0 radical (unpaired) electrons. The number of anilines is 1. The van der Waals surface area contributed by atoms with Crippen molar-refractivity contribution < 1.29 is 4.79 Å². The largest absolute Gasteiger partial charge is 0.326 e. The third-order valence-electron chi connectivity index (χ3n) is 4.68. The summed E-state index contributed by atoms with van der Waals surface area (Å²) in [5.74, 6) is 1.07. The van der Waals surface area contributed by atoms with Gasteiger partial charge in [-0.05, 0) is 62.0 Å². The Balaban J connectivity index is 1.59. The summed E-state index contributed by atoms with van der Waals surface area (Å²) in [6, 6.07) is 7.33. The minimum absolute atomic E-state index is 0.0453. The van der Waals surface area contributed by atoms with Crippen molar-refractivity contribution in [1.82, 2.24) is 15.1 Å². The molecular weight excluding hydrogens is 324 g/mol. The molecule has 0 bridgehead atoms. The Labute approximate surface area is 147 Å². The van der Waals surface area contributed by atoms with Gasteiger partial charge in [-0.15, -0.1) is 0 Å². The summed E-state index contributed by atoms with van der Waals surface area (Å²) in [6.07, 6.45) is 6.38. The first kappa shape index (κ1) is 17.0. The second-order valence-corrected chi connectivity index (χ2v) is 6.84. The van der Waals surface area contributed by atoms with Crippen molar-refractivity contribution in [2.75, 3.05) is 18.4 Å². The van der Waals surface area contributed by atoms with Crippen LogP contribution >= 0.6 is 11.6 Å². The number of carbonyl (C=O) groups is 1. The summed E-state index contributed by atoms with van der Waals surface area (Å²) in [4.78, 5) is 12.3. The second kappa shape index (κ2) is 7.81. The monoisotopic (exact) mass is 346 g/mol. The molecule has 6 heteroatoms. The summed E-state index contributed by atoms with van der Waals surface area (Å²) in [5.41, 5.74) is 1.51. The van der Waals surface area contributed by atoms with E-state index >= 15 is 0 Å². The van der Waals surface area contributed by atoms with E-state index in [0.29, 0.717) is 23.3 Å². The van der Waals surface area contributed by atoms with Crippen LogP contribution in [0.15, 0.2) is 36.7 Å². The first-order valence-electron chi connectivity index (χ1n) is 8.43. The van der Waals surface area contributed by atoms with Gasteiger partial charge in [0, 0.05) is 24.5 Å². The molecule has 1 atom stereocenters. The third-order valence-corrected chi connectivity index (χ3v) is 4.98. The van der Waals surface area contributed by atoms with Crippen LogP contribution in [0.3, 0.4) is 0 Å². The lowest BCUT2D eigenvalue weighted by Crippen LogP contribution is -2.32. The molecule has 1 aromatic carbocycles. The number of rotatable bonds is 5. The van der Waals surface area contributed by atoms with Gasteiger partial charge in [-0.25, -0.2) is 4.68 Å². The predicted octanol–water partition coefficient (Wildman–Crippen LogP) is 3.49. The highest BCUT2D eigenvalue weighted by atomic mass is 35.5. The van der Waals surface area contributed by atoms with Crippen LogP contribution in [0.25, 0.3) is 5.69 Å². The Kier molecular flexibility index (Phi) is 5.53. The number of hydrogen-bond donors (Lipinski definition) is 2. The van der Waals surface area contributed by atoms with E-state index in [1.807, 2.05) is 24.4 Å². The molecule has 1 fully saturated rings. The van der Waals surface area contributed by atoms with Gasteiger partial charge < -0.3 is 10.6 Å². The van der Waals surface area contributed by atoms with Crippen LogP contribution in [0.1, 0.15) is 26.2 Å². The van der Waals surface area contributed by atoms with Gasteiger partial charge in [-0.2, -0.15) is 5.10 Å². The van der Waals surface area contributed by atoms with Gasteiger partial charge in [0.15, 0.2) is 0 Å². The summed E-state index contributed by atoms with van der Waals surface area (Å²) >= 11 is 6.31. The molecule has 5 nitrogen and oxygen atoms in total. The Morgan fingerprint density at radius 1 is 1.46 bits per heavy atom. The van der Waals surface area contributed by atoms with Crippen LogP contribution in [0.5, 0.6) is 0 Å². The average molecular weight is 347 g/mol. The molecule has 1 amide bonds. The zero-order valence-corrected chi connectivity index (χ0v) is 14.6. The van der Waals surface area contributed by atoms with Gasteiger partial charge in [0.05, 0.1) is 10.7 Å². The van der Waals surface area contributed by atoms with Gasteiger partial charge >= 0.3 is 0 Å². The highest BCUT2D eigenvalue weighted by Gasteiger charge is 2.22. The maximum atomic E-state index is 12.3. The molecule has 2 heterocycles. The topological polar surface area (TPSA) is 59.0 Å². The lowest BCUT2D eigenvalue weighted by atomic mass is 9.84. The molecule has 0 saturated carbocycles. The number of carbonyl (C=O) groups excluding carboxylic acids is 1. The minimum Gasteiger partial charge on any atom is -0.326 e. The van der Waals surface area contributed by atoms with Crippen molar-refractivity contribution in [1.29, 1.82) is 0 Å². The molecule has 2 aromatic rings. The molecule has 128 valence electrons. The first-order valence-corrected chi connectivity index (χ1v) is 8.81. The first-order chi connectivity index (χ1) is 11.6. The number of benzene rings is 1. The lowest BCUT2D eigenvalue weighted by Gasteiger charge is -2.27. The highest BCUT2D eigenvalue weighted by molar-refractivity contribution is 6.32. The van der Waals surface area contributed by atoms with Crippen LogP contribution in [0.4, 0.5) is 5.69 Å². The standard InChI is InChI=1S/C18H23ClN4O/c1-13(14-5-8-20-9-6-14)11-18(24)22-15-3-4-17(16(19)12-15)23-10-2-7-21-23/h2-4,7,10,12-14,20H,5-6,8-9,11H2,1H3,(H,22,24). The molecule has 1 unspecified atom stereocenters. The van der Waals surface area contributed by atoms with Gasteiger partial charge in [-0.1, -0.05) is 18.5 Å². The number of aromatic nitrogens is 2. The minimum atomic E-state index is 0.0453. The Bertz CT molecular complexity index is 680. The summed E-state index contributed by atoms with van der Waals surface area (Å²) < 4.78 is 1.70. The molecule has 0 spiro atoms. The Morgan fingerprint density at radius 3 is 2.92 bits per heavy atom. The number of halogens is 1. The maximum absolute atomic E-state index is 12.3. The van der Waals surface area contributed by atoms with Crippen LogP contribution in [-0.4, -0.2) is 28.8 Å². The second-order valence-electron chi connectivity index (χ2n) is 6.43. The molecule has 24 heavy (non-hydrogen) atoms. The van der Waals surface area contributed by atoms with Crippen LogP contribution in [0, 0.1) is 11.8 Å². The van der Waals surface area contributed by atoms with E-state index in [4.69, 9.17) is 11.6 Å². The molecule has 1 aliphatic rings. The summed E-state index contributed by atoms with van der Waals surface area (Å²) in [7, 11) is 0. The lowest BCUT2D eigenvalue weighted by molar-refractivity contribution is -0.117. The van der Waals surface area contributed by atoms with Gasteiger partial charge in [0.2, 0.25) is 5.91 Å². The Morgan fingerprint density at radius 2 is 2.25 bits per heavy atom. The van der Waals surface area contributed by atoms with E-state index in [1.165, 1.54) is 0 Å². The molecule has 2 N–H and O–H groups in total. The number of hydrogen-bond acceptors (Lipinski definition) is 3. The molecule has 1 aliphatic heterocycles. The number of nitrogens with one attached hydrogen (secondary N) is 2. The van der Waals surface area contributed by atoms with Crippen LogP contribution in [0.2, 0.25) is 5.02 Å². The van der Waals surface area contributed by atoms with Crippen molar-refractivity contribution in [3.8, 4) is 5.69 Å². The van der Waals surface area contributed by atoms with Crippen molar-refractivity contribution >= 4 is 23.2 Å². The molecular formula is C18H23ClN4O. The van der Waals surface area contributed by atoms with E-state index in [9.17, 15) is 4.79 Å². The SMILES string of the molecule is CC(CC(=O)Nc1ccc(-n2cccn2)c(Cl)c1)C1CCNCC1. The smallest absolute Gasteiger partial charge is 0.224 e. The van der Waals surface area contributed by atoms with E-state index in [1.54, 1.807) is 16.9 Å². The Hall–Kier alpha value is -1.85. The van der Waals surface area contributed by atoms with E-state index in [2.05, 4.69) is 22.7 Å². The molecule has 0 aliphatic carbocycles. The zero-order chi connectivity index (χ0) is 16.9. The van der Waals surface area contributed by atoms with Gasteiger partial charge in [-0.3, -0.25) is 4.79 Å². The van der Waals surface area contributed by atoms with Crippen molar-refractivity contribution in [3.05, 3.63) is 41.7 Å². The van der Waals surface area contributed by atoms with Crippen molar-refractivity contribution in [2.24, 2.45) is 11.8 Å². The molecule has 1 saturated heterocycles. The summed E-state index contributed by atoms with van der Waals surface area (Å²) in [6.45, 7) is 4.28. The normalized spacial score (nSPS) is 16.8. The van der Waals surface area contributed by atoms with E-state index in [0.717, 1.165) is 37.3 Å². The van der Waals surface area contributed by atoms with Gasteiger partial charge in [0.1, 0.15) is 0 Å². The maximum Gasteiger partial charge on any atom is 0.224 e. The highest BCUT2D eigenvalue weighted by Crippen LogP contribution is 2.26. The third kappa shape index (κ3) is 4.16. The quantitative estimate of drug-likeness (QED) is 0.871. The summed E-state index contributed by atoms with van der Waals surface area (Å²) in [5, 5.41) is 11.0. The van der Waals surface area contributed by atoms with E-state index < -0.39 is 0 Å². The zero-order valence-electron chi connectivity index (χ0n) is 13.8. The van der Waals surface area contributed by atoms with Crippen molar-refractivity contribution in [2.45, 2.75) is 26.2 Å². The van der Waals surface area contributed by atoms with Crippen LogP contribution < -0.4 is 10.6 Å². The van der Waals surface area contributed by atoms with Crippen molar-refractivity contribution in [3.63, 3.8) is 0 Å².